The van der Waals surface area contributed by atoms with Crippen LogP contribution in [0.3, 0.4) is 0 Å². The maximum absolute atomic E-state index is 13.2. The third kappa shape index (κ3) is 4.07. The van der Waals surface area contributed by atoms with Crippen molar-refractivity contribution >= 4 is 13.0 Å². The first-order chi connectivity index (χ1) is 14.4. The summed E-state index contributed by atoms with van der Waals surface area (Å²) in [7, 11) is -0.427. The van der Waals surface area contributed by atoms with E-state index in [1.165, 1.54) is 6.42 Å². The molecule has 4 aliphatic rings. The molecule has 0 aromatic heterocycles. The fourth-order valence-electron chi connectivity index (χ4n) is 6.25. The van der Waals surface area contributed by atoms with E-state index >= 15 is 0 Å². The molecule has 170 valence electrons. The maximum Gasteiger partial charge on any atom is 0.481 e. The average Bonchev–Trinajstić information content (AvgIpc) is 3.04. The molecule has 0 spiro atoms. The minimum atomic E-state index is -1.00. The molecule has 4 fully saturated rings. The lowest BCUT2D eigenvalue weighted by Crippen LogP contribution is -2.65. The molecule has 1 saturated heterocycles. The molecule has 0 radical (unpaired) electrons. The first-order valence-electron chi connectivity index (χ1n) is 11.9. The quantitative estimate of drug-likeness (QED) is 0.652. The summed E-state index contributed by atoms with van der Waals surface area (Å²) >= 11 is 0. The second-order valence-electron chi connectivity index (χ2n) is 11.6. The van der Waals surface area contributed by atoms with Crippen molar-refractivity contribution in [2.75, 3.05) is 0 Å². The second-order valence-corrected chi connectivity index (χ2v) is 11.6. The Hall–Kier alpha value is -1.37. The zero-order valence-corrected chi connectivity index (χ0v) is 20.0. The van der Waals surface area contributed by atoms with E-state index in [4.69, 9.17) is 15.0 Å². The predicted octanol–water partition coefficient (Wildman–Crippen LogP) is 3.74. The molecule has 3 aliphatic carbocycles. The van der Waals surface area contributed by atoms with Gasteiger partial charge in [0.15, 0.2) is 0 Å². The lowest BCUT2D eigenvalue weighted by Gasteiger charge is -2.64. The summed E-state index contributed by atoms with van der Waals surface area (Å²) in [6, 6.07) is 9.93. The minimum Gasteiger partial charge on any atom is -0.404 e. The Morgan fingerprint density at radius 1 is 1.26 bits per heavy atom. The van der Waals surface area contributed by atoms with Crippen molar-refractivity contribution in [2.24, 2.45) is 28.9 Å². The second kappa shape index (κ2) is 7.89. The van der Waals surface area contributed by atoms with E-state index in [0.29, 0.717) is 29.6 Å². The molecule has 3 saturated carbocycles. The molecule has 6 atom stereocenters. The van der Waals surface area contributed by atoms with Crippen molar-refractivity contribution in [1.29, 1.82) is 0 Å². The topological polar surface area (TPSA) is 73.6 Å². The van der Waals surface area contributed by atoms with Gasteiger partial charge >= 0.3 is 7.12 Å². The Morgan fingerprint density at radius 2 is 1.94 bits per heavy atom. The van der Waals surface area contributed by atoms with Crippen molar-refractivity contribution in [1.82, 2.24) is 5.32 Å². The molecule has 5 rings (SSSR count). The molecule has 1 unspecified atom stereocenters. The number of nitrogens with two attached hydrogens (primary N) is 1. The smallest absolute Gasteiger partial charge is 0.404 e. The van der Waals surface area contributed by atoms with E-state index in [0.717, 1.165) is 18.4 Å². The van der Waals surface area contributed by atoms with Crippen LogP contribution in [0, 0.1) is 23.2 Å². The van der Waals surface area contributed by atoms with Gasteiger partial charge in [0, 0.05) is 0 Å². The van der Waals surface area contributed by atoms with Gasteiger partial charge in [-0.25, -0.2) is 0 Å². The number of carbonyl (C=O) groups is 1. The molecule has 6 heteroatoms. The van der Waals surface area contributed by atoms with Gasteiger partial charge in [0.1, 0.15) is 0 Å². The van der Waals surface area contributed by atoms with Crippen LogP contribution < -0.4 is 11.1 Å². The van der Waals surface area contributed by atoms with Crippen molar-refractivity contribution in [3.63, 3.8) is 0 Å². The van der Waals surface area contributed by atoms with Crippen LogP contribution in [0.4, 0.5) is 0 Å². The molecular formula is C25H39BN2O3. The van der Waals surface area contributed by atoms with Gasteiger partial charge in [-0.05, 0) is 68.3 Å². The number of amides is 1. The molecule has 1 heterocycles. The predicted molar refractivity (Wildman–Crippen MR) is 124 cm³/mol. The van der Waals surface area contributed by atoms with Crippen LogP contribution in [0.1, 0.15) is 66.4 Å². The Labute approximate surface area is 188 Å². The highest BCUT2D eigenvalue weighted by molar-refractivity contribution is 6.48. The fraction of sp³-hybridized carbons (Fsp3) is 0.720. The summed E-state index contributed by atoms with van der Waals surface area (Å²) < 4.78 is 13.1. The maximum atomic E-state index is 13.2. The number of hydrogen-bond donors (Lipinski definition) is 2. The van der Waals surface area contributed by atoms with Gasteiger partial charge in [0.25, 0.3) is 0 Å². The first-order valence-corrected chi connectivity index (χ1v) is 11.9. The zero-order valence-electron chi connectivity index (χ0n) is 20.0. The van der Waals surface area contributed by atoms with Crippen molar-refractivity contribution in [2.45, 2.75) is 90.4 Å². The number of carbonyl (C=O) groups excluding carboxylic acids is 1. The summed E-state index contributed by atoms with van der Waals surface area (Å²) in [5.74, 6) is 1.24. The lowest BCUT2D eigenvalue weighted by molar-refractivity contribution is -0.199. The zero-order chi connectivity index (χ0) is 22.6. The lowest BCUT2D eigenvalue weighted by atomic mass is 9.43. The van der Waals surface area contributed by atoms with Crippen LogP contribution in [-0.4, -0.2) is 36.2 Å². The molecular weight excluding hydrogens is 387 g/mol. The van der Waals surface area contributed by atoms with E-state index in [1.54, 1.807) is 6.92 Å². The molecule has 3 N–H and O–H groups in total. The van der Waals surface area contributed by atoms with Crippen LogP contribution >= 0.6 is 0 Å². The highest BCUT2D eigenvalue weighted by Gasteiger charge is 2.68. The van der Waals surface area contributed by atoms with E-state index in [2.05, 4.69) is 39.9 Å². The highest BCUT2D eigenvalue weighted by Crippen LogP contribution is 2.65. The summed E-state index contributed by atoms with van der Waals surface area (Å²) in [4.78, 5) is 13.2. The standard InChI is InChI=1S/C25H39BN2O3/c1-16(2)12-21(28-22(29)24(5,27)15-17-10-8-7-9-11-17)26-30-20-14-18-13-19(23(18,3)4)25(20,6)31-26/h7-11,16,18-21H,12-15,27H2,1-6H3,(H,28,29)/t18?,19-,20+,21-,24-,25-/m0/s1. The molecule has 31 heavy (non-hydrogen) atoms. The molecule has 1 aromatic rings. The first kappa shape index (κ1) is 22.8. The Morgan fingerprint density at radius 3 is 2.55 bits per heavy atom. The molecule has 1 aliphatic heterocycles. The van der Waals surface area contributed by atoms with E-state index < -0.39 is 12.7 Å². The Kier molecular flexibility index (Phi) is 5.81. The summed E-state index contributed by atoms with van der Waals surface area (Å²) in [5.41, 5.74) is 6.55. The number of hydrogen-bond acceptors (Lipinski definition) is 4. The van der Waals surface area contributed by atoms with Gasteiger partial charge in [0.2, 0.25) is 5.91 Å². The van der Waals surface area contributed by atoms with E-state index in [-0.39, 0.29) is 23.6 Å². The van der Waals surface area contributed by atoms with Crippen molar-refractivity contribution in [3.05, 3.63) is 35.9 Å². The van der Waals surface area contributed by atoms with Crippen molar-refractivity contribution < 1.29 is 14.1 Å². The fourth-order valence-corrected chi connectivity index (χ4v) is 6.25. The highest BCUT2D eigenvalue weighted by atomic mass is 16.7. The van der Waals surface area contributed by atoms with Crippen LogP contribution in [0.2, 0.25) is 0 Å². The average molecular weight is 426 g/mol. The minimum absolute atomic E-state index is 0.106. The van der Waals surface area contributed by atoms with Crippen molar-refractivity contribution in [3.8, 4) is 0 Å². The normalized spacial score (nSPS) is 33.9. The summed E-state index contributed by atoms with van der Waals surface area (Å²) in [5, 5.41) is 3.21. The van der Waals surface area contributed by atoms with Gasteiger partial charge in [-0.1, -0.05) is 58.0 Å². The monoisotopic (exact) mass is 426 g/mol. The van der Waals surface area contributed by atoms with Gasteiger partial charge in [-0.3, -0.25) is 4.79 Å². The molecule has 1 amide bonds. The van der Waals surface area contributed by atoms with Crippen LogP contribution in [0.25, 0.3) is 0 Å². The van der Waals surface area contributed by atoms with E-state index in [9.17, 15) is 4.79 Å². The van der Waals surface area contributed by atoms with Crippen LogP contribution in [0.5, 0.6) is 0 Å². The van der Waals surface area contributed by atoms with E-state index in [1.807, 2.05) is 30.3 Å². The SMILES string of the molecule is CC(C)C[C@H](NC(=O)[C@@](C)(N)Cc1ccccc1)B1O[C@@H]2CC3C[C@@H](C3(C)C)[C@]2(C)O1. The molecule has 2 bridgehead atoms. The van der Waals surface area contributed by atoms with Gasteiger partial charge in [-0.15, -0.1) is 0 Å². The number of nitrogens with one attached hydrogen (secondary N) is 1. The summed E-state index contributed by atoms with van der Waals surface area (Å²) in [6.07, 6.45) is 3.64. The number of benzene rings is 1. The van der Waals surface area contributed by atoms with Crippen LogP contribution in [-0.2, 0) is 20.5 Å². The van der Waals surface area contributed by atoms with Gasteiger partial charge in [0.05, 0.1) is 23.2 Å². The summed E-state index contributed by atoms with van der Waals surface area (Å²) in [6.45, 7) is 13.1. The largest absolute Gasteiger partial charge is 0.481 e. The molecule has 5 nitrogen and oxygen atoms in total. The van der Waals surface area contributed by atoms with Gasteiger partial charge < -0.3 is 20.4 Å². The van der Waals surface area contributed by atoms with Gasteiger partial charge in [-0.2, -0.15) is 0 Å². The number of rotatable bonds is 7. The Balaban J connectivity index is 1.47. The molecule has 1 aromatic carbocycles. The Bertz CT molecular complexity index is 812. The third-order valence-electron chi connectivity index (χ3n) is 8.27. The third-order valence-corrected chi connectivity index (χ3v) is 8.27. The van der Waals surface area contributed by atoms with Crippen LogP contribution in [0.15, 0.2) is 30.3 Å².